The number of esters is 1. The number of ether oxygens (including phenoxy) is 1. The second-order valence-electron chi connectivity index (χ2n) is 4.68. The average Bonchev–Trinajstić information content (AvgIpc) is 3.10. The molecule has 114 valence electrons. The van der Waals surface area contributed by atoms with Crippen molar-refractivity contribution >= 4 is 5.97 Å². The predicted octanol–water partition coefficient (Wildman–Crippen LogP) is 1.45. The minimum Gasteiger partial charge on any atom is -0.464 e. The van der Waals surface area contributed by atoms with Crippen LogP contribution in [0.15, 0.2) is 6.07 Å². The van der Waals surface area contributed by atoms with E-state index in [0.717, 1.165) is 30.0 Å². The van der Waals surface area contributed by atoms with E-state index in [2.05, 4.69) is 35.3 Å². The van der Waals surface area contributed by atoms with E-state index in [4.69, 9.17) is 4.74 Å². The molecule has 7 nitrogen and oxygen atoms in total. The molecule has 0 spiro atoms. The van der Waals surface area contributed by atoms with Gasteiger partial charge in [0, 0.05) is 6.54 Å². The Labute approximate surface area is 123 Å². The van der Waals surface area contributed by atoms with Crippen LogP contribution in [0.4, 0.5) is 0 Å². The summed E-state index contributed by atoms with van der Waals surface area (Å²) in [5, 5.41) is 12.6. The van der Waals surface area contributed by atoms with Crippen molar-refractivity contribution in [1.82, 2.24) is 24.8 Å². The molecule has 0 unspecified atom stereocenters. The van der Waals surface area contributed by atoms with Crippen LogP contribution in [0.2, 0.25) is 0 Å². The van der Waals surface area contributed by atoms with Crippen molar-refractivity contribution < 1.29 is 9.53 Å². The lowest BCUT2D eigenvalue weighted by molar-refractivity contribution is 0.0592. The Bertz CT molecular complexity index is 629. The molecule has 0 aliphatic rings. The summed E-state index contributed by atoms with van der Waals surface area (Å²) in [4.78, 5) is 11.7. The van der Waals surface area contributed by atoms with Gasteiger partial charge in [-0.15, -0.1) is 5.10 Å². The van der Waals surface area contributed by atoms with Crippen molar-refractivity contribution in [3.63, 3.8) is 0 Å². The van der Waals surface area contributed by atoms with Crippen LogP contribution in [0.25, 0.3) is 0 Å². The van der Waals surface area contributed by atoms with Gasteiger partial charge in [-0.25, -0.2) is 9.48 Å². The standard InChI is InChI=1S/C14H21N5O2/c1-5-10-8-11(18(7-3)16-10)9-19-12(6-2)13(15-17-19)14(20)21-4/h8H,5-7,9H2,1-4H3. The topological polar surface area (TPSA) is 74.8 Å². The second-order valence-corrected chi connectivity index (χ2v) is 4.68. The quantitative estimate of drug-likeness (QED) is 0.753. The first-order valence-corrected chi connectivity index (χ1v) is 7.20. The van der Waals surface area contributed by atoms with Crippen molar-refractivity contribution in [3.05, 3.63) is 28.8 Å². The molecule has 21 heavy (non-hydrogen) atoms. The van der Waals surface area contributed by atoms with Gasteiger partial charge in [-0.2, -0.15) is 5.10 Å². The molecule has 0 aliphatic carbocycles. The summed E-state index contributed by atoms with van der Waals surface area (Å²) in [6.45, 7) is 7.45. The Morgan fingerprint density at radius 3 is 2.57 bits per heavy atom. The first-order valence-electron chi connectivity index (χ1n) is 7.20. The highest BCUT2D eigenvalue weighted by atomic mass is 16.5. The van der Waals surface area contributed by atoms with Crippen LogP contribution < -0.4 is 0 Å². The number of carbonyl (C=O) groups is 1. The van der Waals surface area contributed by atoms with Gasteiger partial charge in [0.2, 0.25) is 0 Å². The largest absolute Gasteiger partial charge is 0.464 e. The summed E-state index contributed by atoms with van der Waals surface area (Å²) >= 11 is 0. The summed E-state index contributed by atoms with van der Waals surface area (Å²) in [5.74, 6) is -0.448. The van der Waals surface area contributed by atoms with Crippen LogP contribution >= 0.6 is 0 Å². The molecular formula is C14H21N5O2. The Morgan fingerprint density at radius 2 is 2.00 bits per heavy atom. The van der Waals surface area contributed by atoms with Gasteiger partial charge >= 0.3 is 5.97 Å². The molecule has 0 saturated carbocycles. The van der Waals surface area contributed by atoms with Crippen LogP contribution in [0, 0.1) is 0 Å². The molecule has 0 amide bonds. The lowest BCUT2D eigenvalue weighted by atomic mass is 10.2. The minimum absolute atomic E-state index is 0.290. The fraction of sp³-hybridized carbons (Fsp3) is 0.571. The number of aromatic nitrogens is 5. The molecule has 0 fully saturated rings. The second kappa shape index (κ2) is 6.51. The van der Waals surface area contributed by atoms with E-state index < -0.39 is 5.97 Å². The number of hydrogen-bond acceptors (Lipinski definition) is 5. The van der Waals surface area contributed by atoms with Crippen molar-refractivity contribution in [2.45, 2.75) is 46.7 Å². The van der Waals surface area contributed by atoms with Crippen LogP contribution in [0.1, 0.15) is 48.3 Å². The van der Waals surface area contributed by atoms with Gasteiger partial charge in [0.05, 0.1) is 30.7 Å². The third kappa shape index (κ3) is 2.96. The van der Waals surface area contributed by atoms with Crippen LogP contribution in [0.5, 0.6) is 0 Å². The van der Waals surface area contributed by atoms with E-state index >= 15 is 0 Å². The maximum Gasteiger partial charge on any atom is 0.360 e. The van der Waals surface area contributed by atoms with Gasteiger partial charge in [0.15, 0.2) is 5.69 Å². The van der Waals surface area contributed by atoms with Crippen molar-refractivity contribution in [2.75, 3.05) is 7.11 Å². The highest BCUT2D eigenvalue weighted by molar-refractivity contribution is 5.88. The Kier molecular flexibility index (Phi) is 4.72. The zero-order chi connectivity index (χ0) is 15.4. The monoisotopic (exact) mass is 291 g/mol. The van der Waals surface area contributed by atoms with Crippen LogP contribution in [-0.4, -0.2) is 37.9 Å². The first kappa shape index (κ1) is 15.2. The molecule has 0 radical (unpaired) electrons. The SMILES string of the molecule is CCc1cc(Cn2nnc(C(=O)OC)c2CC)n(CC)n1. The lowest BCUT2D eigenvalue weighted by Crippen LogP contribution is -2.12. The van der Waals surface area contributed by atoms with Gasteiger partial charge in [0.1, 0.15) is 0 Å². The Morgan fingerprint density at radius 1 is 1.24 bits per heavy atom. The van der Waals surface area contributed by atoms with E-state index in [9.17, 15) is 4.79 Å². The fourth-order valence-electron chi connectivity index (χ4n) is 2.31. The number of aryl methyl sites for hydroxylation is 2. The summed E-state index contributed by atoms with van der Waals surface area (Å²) in [6, 6.07) is 2.07. The third-order valence-corrected chi connectivity index (χ3v) is 3.44. The number of carbonyl (C=O) groups excluding carboxylic acids is 1. The number of nitrogens with zero attached hydrogens (tertiary/aromatic N) is 5. The van der Waals surface area contributed by atoms with Gasteiger partial charge in [-0.3, -0.25) is 4.68 Å². The predicted molar refractivity (Wildman–Crippen MR) is 77.1 cm³/mol. The van der Waals surface area contributed by atoms with E-state index in [-0.39, 0.29) is 0 Å². The van der Waals surface area contributed by atoms with E-state index in [1.165, 1.54) is 7.11 Å². The molecule has 0 bridgehead atoms. The molecule has 7 heteroatoms. The lowest BCUT2D eigenvalue weighted by Gasteiger charge is -2.07. The molecule has 2 aromatic rings. The zero-order valence-electron chi connectivity index (χ0n) is 13.0. The molecular weight excluding hydrogens is 270 g/mol. The molecule has 0 N–H and O–H groups in total. The molecule has 0 atom stereocenters. The van der Waals surface area contributed by atoms with Crippen molar-refractivity contribution in [3.8, 4) is 0 Å². The number of rotatable bonds is 6. The number of hydrogen-bond donors (Lipinski definition) is 0. The Hall–Kier alpha value is -2.18. The molecule has 2 heterocycles. The average molecular weight is 291 g/mol. The number of methoxy groups -OCH3 is 1. The molecule has 0 saturated heterocycles. The Balaban J connectivity index is 2.33. The van der Waals surface area contributed by atoms with Gasteiger partial charge < -0.3 is 4.74 Å². The maximum atomic E-state index is 11.7. The molecule has 0 aliphatic heterocycles. The van der Waals surface area contributed by atoms with Gasteiger partial charge in [-0.05, 0) is 25.8 Å². The van der Waals surface area contributed by atoms with E-state index in [0.29, 0.717) is 18.7 Å². The maximum absolute atomic E-state index is 11.7. The summed E-state index contributed by atoms with van der Waals surface area (Å²) < 4.78 is 8.44. The fourth-order valence-corrected chi connectivity index (χ4v) is 2.31. The van der Waals surface area contributed by atoms with E-state index in [1.54, 1.807) is 4.68 Å². The van der Waals surface area contributed by atoms with Crippen molar-refractivity contribution in [1.29, 1.82) is 0 Å². The first-order chi connectivity index (χ1) is 10.1. The summed E-state index contributed by atoms with van der Waals surface area (Å²) in [5.41, 5.74) is 3.19. The van der Waals surface area contributed by atoms with Crippen LogP contribution in [0.3, 0.4) is 0 Å². The molecule has 0 aromatic carbocycles. The van der Waals surface area contributed by atoms with Gasteiger partial charge in [-0.1, -0.05) is 19.1 Å². The van der Waals surface area contributed by atoms with Gasteiger partial charge in [0.25, 0.3) is 0 Å². The van der Waals surface area contributed by atoms with Crippen LogP contribution in [-0.2, 0) is 30.7 Å². The highest BCUT2D eigenvalue weighted by Gasteiger charge is 2.19. The van der Waals surface area contributed by atoms with E-state index in [1.807, 2.05) is 11.6 Å². The molecule has 2 rings (SSSR count). The van der Waals surface area contributed by atoms with Crippen molar-refractivity contribution in [2.24, 2.45) is 0 Å². The zero-order valence-corrected chi connectivity index (χ0v) is 13.0. The highest BCUT2D eigenvalue weighted by Crippen LogP contribution is 2.12. The molecule has 2 aromatic heterocycles. The summed E-state index contributed by atoms with van der Waals surface area (Å²) in [7, 11) is 1.35. The normalized spacial score (nSPS) is 10.9. The minimum atomic E-state index is -0.448. The summed E-state index contributed by atoms with van der Waals surface area (Å²) in [6.07, 6.45) is 1.56. The third-order valence-electron chi connectivity index (χ3n) is 3.44. The smallest absolute Gasteiger partial charge is 0.360 e.